The van der Waals surface area contributed by atoms with Gasteiger partial charge in [0, 0.05) is 31.9 Å². The van der Waals surface area contributed by atoms with Gasteiger partial charge in [-0.15, -0.1) is 0 Å². The van der Waals surface area contributed by atoms with Crippen molar-refractivity contribution < 1.29 is 17.9 Å². The predicted octanol–water partition coefficient (Wildman–Crippen LogP) is 0.650. The summed E-state index contributed by atoms with van der Waals surface area (Å²) in [5.41, 5.74) is 6.80. The van der Waals surface area contributed by atoms with Crippen LogP contribution in [0, 0.1) is 6.92 Å². The fourth-order valence-electron chi connectivity index (χ4n) is 2.34. The van der Waals surface area contributed by atoms with Crippen LogP contribution in [0.15, 0.2) is 23.1 Å². The first-order chi connectivity index (χ1) is 9.86. The molecule has 0 aromatic heterocycles. The Bertz CT molecular complexity index is 637. The summed E-state index contributed by atoms with van der Waals surface area (Å²) in [6.45, 7) is 2.86. The number of anilines is 1. The van der Waals surface area contributed by atoms with Gasteiger partial charge >= 0.3 is 6.09 Å². The number of nitrogens with zero attached hydrogens (tertiary/aromatic N) is 2. The highest BCUT2D eigenvalue weighted by atomic mass is 32.2. The van der Waals surface area contributed by atoms with Crippen LogP contribution in [0.2, 0.25) is 0 Å². The van der Waals surface area contributed by atoms with E-state index in [1.807, 2.05) is 0 Å². The van der Waals surface area contributed by atoms with Crippen LogP contribution < -0.4 is 5.73 Å². The number of amides is 1. The van der Waals surface area contributed by atoms with Crippen LogP contribution in [0.1, 0.15) is 5.56 Å². The molecule has 0 aliphatic carbocycles. The zero-order valence-corrected chi connectivity index (χ0v) is 12.9. The first-order valence-corrected chi connectivity index (χ1v) is 7.99. The minimum absolute atomic E-state index is 0.251. The van der Waals surface area contributed by atoms with Crippen LogP contribution in [0.3, 0.4) is 0 Å². The average Bonchev–Trinajstić information content (AvgIpc) is 2.46. The van der Waals surface area contributed by atoms with Crippen molar-refractivity contribution >= 4 is 21.8 Å². The number of carbonyl (C=O) groups is 1. The van der Waals surface area contributed by atoms with Crippen molar-refractivity contribution in [2.45, 2.75) is 11.8 Å². The van der Waals surface area contributed by atoms with Gasteiger partial charge in [-0.1, -0.05) is 0 Å². The number of aryl methyl sites for hydroxylation is 1. The number of sulfonamides is 1. The van der Waals surface area contributed by atoms with E-state index in [1.165, 1.54) is 22.4 Å². The lowest BCUT2D eigenvalue weighted by molar-refractivity contribution is 0.108. The molecule has 2 rings (SSSR count). The third-order valence-electron chi connectivity index (χ3n) is 3.49. The molecule has 1 aliphatic heterocycles. The summed E-state index contributed by atoms with van der Waals surface area (Å²) >= 11 is 0. The number of nitrogen functional groups attached to an aromatic ring is 1. The second kappa shape index (κ2) is 5.90. The Morgan fingerprint density at radius 3 is 2.38 bits per heavy atom. The van der Waals surface area contributed by atoms with Gasteiger partial charge in [0.15, 0.2) is 0 Å². The number of ether oxygens (including phenoxy) is 1. The number of methoxy groups -OCH3 is 1. The molecule has 2 N–H and O–H groups in total. The summed E-state index contributed by atoms with van der Waals surface area (Å²) in [7, 11) is -2.26. The summed E-state index contributed by atoms with van der Waals surface area (Å²) in [6.07, 6.45) is -0.435. The van der Waals surface area contributed by atoms with Crippen molar-refractivity contribution in [2.75, 3.05) is 39.0 Å². The largest absolute Gasteiger partial charge is 0.453 e. The van der Waals surface area contributed by atoms with E-state index in [4.69, 9.17) is 5.73 Å². The van der Waals surface area contributed by atoms with Crippen LogP contribution in [0.5, 0.6) is 0 Å². The SMILES string of the molecule is COC(=O)N1CCN(S(=O)(=O)c2ccc(N)cc2C)CC1. The fourth-order valence-corrected chi connectivity index (χ4v) is 3.97. The molecule has 1 aliphatic rings. The average molecular weight is 313 g/mol. The third kappa shape index (κ3) is 3.11. The van der Waals surface area contributed by atoms with Gasteiger partial charge in [-0.3, -0.25) is 0 Å². The van der Waals surface area contributed by atoms with Gasteiger partial charge in [0.2, 0.25) is 10.0 Å². The van der Waals surface area contributed by atoms with Gasteiger partial charge in [0.25, 0.3) is 0 Å². The normalized spacial score (nSPS) is 16.8. The molecule has 1 saturated heterocycles. The lowest BCUT2D eigenvalue weighted by atomic mass is 10.2. The standard InChI is InChI=1S/C13H19N3O4S/c1-10-9-11(14)3-4-12(10)21(18,19)16-7-5-15(6-8-16)13(17)20-2/h3-4,9H,5-8,14H2,1-2H3. The molecule has 21 heavy (non-hydrogen) atoms. The van der Waals surface area contributed by atoms with Gasteiger partial charge < -0.3 is 15.4 Å². The number of rotatable bonds is 2. The number of benzene rings is 1. The fraction of sp³-hybridized carbons (Fsp3) is 0.462. The molecule has 116 valence electrons. The summed E-state index contributed by atoms with van der Waals surface area (Å²) in [4.78, 5) is 13.1. The zero-order chi connectivity index (χ0) is 15.6. The second-order valence-corrected chi connectivity index (χ2v) is 6.79. The van der Waals surface area contributed by atoms with Crippen molar-refractivity contribution in [2.24, 2.45) is 0 Å². The van der Waals surface area contributed by atoms with Crippen molar-refractivity contribution in [3.8, 4) is 0 Å². The van der Waals surface area contributed by atoms with Gasteiger partial charge in [0.05, 0.1) is 12.0 Å². The van der Waals surface area contributed by atoms with E-state index in [0.29, 0.717) is 24.3 Å². The third-order valence-corrected chi connectivity index (χ3v) is 5.55. The Hall–Kier alpha value is -1.80. The maximum absolute atomic E-state index is 12.6. The topological polar surface area (TPSA) is 92.9 Å². The highest BCUT2D eigenvalue weighted by Gasteiger charge is 2.31. The lowest BCUT2D eigenvalue weighted by Crippen LogP contribution is -2.50. The summed E-state index contributed by atoms with van der Waals surface area (Å²) in [6, 6.07) is 4.73. The van der Waals surface area contributed by atoms with Gasteiger partial charge in [-0.25, -0.2) is 13.2 Å². The Balaban J connectivity index is 2.17. The van der Waals surface area contributed by atoms with E-state index in [-0.39, 0.29) is 18.0 Å². The molecule has 1 amide bonds. The molecule has 0 saturated carbocycles. The van der Waals surface area contributed by atoms with Crippen molar-refractivity contribution in [3.63, 3.8) is 0 Å². The number of hydrogen-bond acceptors (Lipinski definition) is 5. The zero-order valence-electron chi connectivity index (χ0n) is 12.1. The Labute approximate surface area is 124 Å². The molecular weight excluding hydrogens is 294 g/mol. The summed E-state index contributed by atoms with van der Waals surface area (Å²) < 4.78 is 31.2. The molecule has 0 unspecified atom stereocenters. The van der Waals surface area contributed by atoms with E-state index < -0.39 is 16.1 Å². The lowest BCUT2D eigenvalue weighted by Gasteiger charge is -2.33. The summed E-state index contributed by atoms with van der Waals surface area (Å²) in [5, 5.41) is 0. The number of nitrogens with two attached hydrogens (primary N) is 1. The Morgan fingerprint density at radius 1 is 1.24 bits per heavy atom. The first kappa shape index (κ1) is 15.6. The molecule has 1 aromatic rings. The minimum Gasteiger partial charge on any atom is -0.453 e. The highest BCUT2D eigenvalue weighted by molar-refractivity contribution is 7.89. The molecule has 0 bridgehead atoms. The number of carbonyl (C=O) groups excluding carboxylic acids is 1. The Kier molecular flexibility index (Phi) is 4.38. The number of hydrogen-bond donors (Lipinski definition) is 1. The van der Waals surface area contributed by atoms with E-state index in [9.17, 15) is 13.2 Å². The van der Waals surface area contributed by atoms with Gasteiger partial charge in [-0.2, -0.15) is 4.31 Å². The quantitative estimate of drug-likeness (QED) is 0.809. The Morgan fingerprint density at radius 2 is 1.86 bits per heavy atom. The van der Waals surface area contributed by atoms with Crippen LogP contribution in [-0.2, 0) is 14.8 Å². The van der Waals surface area contributed by atoms with Crippen molar-refractivity contribution in [3.05, 3.63) is 23.8 Å². The molecule has 7 nitrogen and oxygen atoms in total. The molecule has 0 radical (unpaired) electrons. The van der Waals surface area contributed by atoms with E-state index in [0.717, 1.165) is 0 Å². The van der Waals surface area contributed by atoms with Crippen LogP contribution >= 0.6 is 0 Å². The second-order valence-electron chi connectivity index (χ2n) is 4.89. The van der Waals surface area contributed by atoms with E-state index >= 15 is 0 Å². The predicted molar refractivity (Wildman–Crippen MR) is 78.3 cm³/mol. The molecule has 0 atom stereocenters. The van der Waals surface area contributed by atoms with Crippen molar-refractivity contribution in [1.82, 2.24) is 9.21 Å². The molecule has 1 aromatic carbocycles. The van der Waals surface area contributed by atoms with Crippen LogP contribution in [0.25, 0.3) is 0 Å². The van der Waals surface area contributed by atoms with Gasteiger partial charge in [0.1, 0.15) is 0 Å². The molecule has 1 heterocycles. The minimum atomic E-state index is -3.57. The van der Waals surface area contributed by atoms with E-state index in [2.05, 4.69) is 4.74 Å². The van der Waals surface area contributed by atoms with Gasteiger partial charge in [-0.05, 0) is 30.7 Å². The molecular formula is C13H19N3O4S. The van der Waals surface area contributed by atoms with Crippen LogP contribution in [0.4, 0.5) is 10.5 Å². The monoisotopic (exact) mass is 313 g/mol. The van der Waals surface area contributed by atoms with E-state index in [1.54, 1.807) is 19.1 Å². The highest BCUT2D eigenvalue weighted by Crippen LogP contribution is 2.23. The number of piperazine rings is 1. The summed E-state index contributed by atoms with van der Waals surface area (Å²) in [5.74, 6) is 0. The molecule has 8 heteroatoms. The molecule has 1 fully saturated rings. The van der Waals surface area contributed by atoms with Crippen LogP contribution in [-0.4, -0.2) is 57.0 Å². The maximum Gasteiger partial charge on any atom is 0.409 e. The van der Waals surface area contributed by atoms with Crippen molar-refractivity contribution in [1.29, 1.82) is 0 Å². The smallest absolute Gasteiger partial charge is 0.409 e. The molecule has 0 spiro atoms. The first-order valence-electron chi connectivity index (χ1n) is 6.55. The maximum atomic E-state index is 12.6.